The molecule has 0 spiro atoms. The summed E-state index contributed by atoms with van der Waals surface area (Å²) in [6, 6.07) is 0. The zero-order valence-corrected chi connectivity index (χ0v) is 7.09. The third-order valence-electron chi connectivity index (χ3n) is 2.23. The molecule has 0 saturated carbocycles. The number of halogens is 2. The maximum Gasteiger partial charge on any atom is 0.358 e. The van der Waals surface area contributed by atoms with E-state index in [1.807, 2.05) is 0 Å². The Labute approximate surface area is 77.5 Å². The fourth-order valence-electron chi connectivity index (χ4n) is 1.61. The fourth-order valence-corrected chi connectivity index (χ4v) is 1.61. The second kappa shape index (κ2) is 2.76. The van der Waals surface area contributed by atoms with Gasteiger partial charge in [0.15, 0.2) is 0 Å². The third kappa shape index (κ3) is 1.18. The van der Waals surface area contributed by atoms with Gasteiger partial charge in [-0.1, -0.05) is 5.16 Å². The summed E-state index contributed by atoms with van der Waals surface area (Å²) in [5.41, 5.74) is -1.21. The van der Waals surface area contributed by atoms with Crippen LogP contribution in [0, 0.1) is 0 Å². The van der Waals surface area contributed by atoms with Gasteiger partial charge in [-0.15, -0.1) is 0 Å². The lowest BCUT2D eigenvalue weighted by molar-refractivity contribution is -0.0246. The molecule has 1 aliphatic rings. The van der Waals surface area contributed by atoms with Gasteiger partial charge in [-0.25, -0.2) is 13.6 Å². The van der Waals surface area contributed by atoms with Crippen molar-refractivity contribution in [2.45, 2.75) is 25.2 Å². The van der Waals surface area contributed by atoms with E-state index < -0.39 is 23.1 Å². The van der Waals surface area contributed by atoms with Crippen LogP contribution in [0.1, 0.15) is 34.7 Å². The Hall–Kier alpha value is -1.46. The van der Waals surface area contributed by atoms with Crippen molar-refractivity contribution < 1.29 is 23.2 Å². The fraction of sp³-hybridized carbons (Fsp3) is 0.500. The first-order chi connectivity index (χ1) is 6.52. The number of rotatable bonds is 1. The summed E-state index contributed by atoms with van der Waals surface area (Å²) in [5.74, 6) is -4.60. The number of aryl methyl sites for hydroxylation is 1. The van der Waals surface area contributed by atoms with Crippen LogP contribution in [0.15, 0.2) is 4.52 Å². The van der Waals surface area contributed by atoms with E-state index in [9.17, 15) is 13.6 Å². The monoisotopic (exact) mass is 203 g/mol. The second-order valence-corrected chi connectivity index (χ2v) is 3.19. The summed E-state index contributed by atoms with van der Waals surface area (Å²) in [7, 11) is 0. The number of aromatic nitrogens is 1. The van der Waals surface area contributed by atoms with Gasteiger partial charge >= 0.3 is 5.97 Å². The van der Waals surface area contributed by atoms with Crippen molar-refractivity contribution in [1.82, 2.24) is 5.16 Å². The molecule has 0 amide bonds. The highest BCUT2D eigenvalue weighted by Crippen LogP contribution is 2.41. The summed E-state index contributed by atoms with van der Waals surface area (Å²) in [6.45, 7) is 0. The normalized spacial score (nSPS) is 19.0. The highest BCUT2D eigenvalue weighted by atomic mass is 19.3. The second-order valence-electron chi connectivity index (χ2n) is 3.19. The number of fused-ring (bicyclic) bond motifs is 1. The lowest BCUT2D eigenvalue weighted by Gasteiger charge is -2.20. The Kier molecular flexibility index (Phi) is 1.80. The summed E-state index contributed by atoms with van der Waals surface area (Å²) < 4.78 is 31.1. The first-order valence-corrected chi connectivity index (χ1v) is 4.12. The molecular formula is C8H7F2NO3. The number of aromatic carboxylic acids is 1. The SMILES string of the molecule is O=C(O)c1noc2c1C(F)(F)CCC2. The number of nitrogens with zero attached hydrogens (tertiary/aromatic N) is 1. The molecule has 2 rings (SSSR count). The minimum absolute atomic E-state index is 0.00125. The molecule has 0 fully saturated rings. The topological polar surface area (TPSA) is 63.3 Å². The quantitative estimate of drug-likeness (QED) is 0.755. The lowest BCUT2D eigenvalue weighted by atomic mass is 9.93. The largest absolute Gasteiger partial charge is 0.476 e. The average molecular weight is 203 g/mol. The molecule has 4 nitrogen and oxygen atoms in total. The third-order valence-corrected chi connectivity index (χ3v) is 2.23. The Bertz CT molecular complexity index is 386. The lowest BCUT2D eigenvalue weighted by Crippen LogP contribution is -2.22. The van der Waals surface area contributed by atoms with E-state index in [1.165, 1.54) is 0 Å². The Balaban J connectivity index is 2.58. The van der Waals surface area contributed by atoms with Crippen LogP contribution < -0.4 is 0 Å². The molecular weight excluding hydrogens is 196 g/mol. The molecule has 76 valence electrons. The van der Waals surface area contributed by atoms with Gasteiger partial charge < -0.3 is 9.63 Å². The Morgan fingerprint density at radius 1 is 1.57 bits per heavy atom. The summed E-state index contributed by atoms with van der Waals surface area (Å²) in [5, 5.41) is 11.7. The molecule has 14 heavy (non-hydrogen) atoms. The predicted octanol–water partition coefficient (Wildman–Crippen LogP) is 1.80. The standard InChI is InChI=1S/C8H7F2NO3/c9-8(10)3-1-2-4-5(8)6(7(12)13)11-14-4/h1-3H2,(H,12,13). The molecule has 1 N–H and O–H groups in total. The van der Waals surface area contributed by atoms with Gasteiger partial charge in [-0.2, -0.15) is 0 Å². The molecule has 0 unspecified atom stereocenters. The van der Waals surface area contributed by atoms with E-state index in [-0.39, 0.29) is 18.6 Å². The summed E-state index contributed by atoms with van der Waals surface area (Å²) in [6.07, 6.45) is 0.265. The van der Waals surface area contributed by atoms with Crippen molar-refractivity contribution in [2.75, 3.05) is 0 Å². The Morgan fingerprint density at radius 2 is 2.29 bits per heavy atom. The van der Waals surface area contributed by atoms with Crippen molar-refractivity contribution in [1.29, 1.82) is 0 Å². The van der Waals surface area contributed by atoms with E-state index in [4.69, 9.17) is 5.11 Å². The maximum atomic E-state index is 13.3. The van der Waals surface area contributed by atoms with Crippen molar-refractivity contribution in [3.63, 3.8) is 0 Å². The number of alkyl halides is 2. The zero-order valence-electron chi connectivity index (χ0n) is 7.09. The van der Waals surface area contributed by atoms with E-state index in [1.54, 1.807) is 0 Å². The minimum atomic E-state index is -3.12. The molecule has 1 heterocycles. The van der Waals surface area contributed by atoms with E-state index in [0.717, 1.165) is 0 Å². The molecule has 6 heteroatoms. The van der Waals surface area contributed by atoms with Gasteiger partial charge in [0.1, 0.15) is 5.76 Å². The molecule has 1 aromatic rings. The smallest absolute Gasteiger partial charge is 0.358 e. The van der Waals surface area contributed by atoms with Crippen molar-refractivity contribution >= 4 is 5.97 Å². The average Bonchev–Trinajstić information content (AvgIpc) is 2.48. The zero-order chi connectivity index (χ0) is 10.3. The van der Waals surface area contributed by atoms with Crippen LogP contribution in [0.4, 0.5) is 8.78 Å². The van der Waals surface area contributed by atoms with Crippen LogP contribution in [-0.4, -0.2) is 16.2 Å². The molecule has 0 radical (unpaired) electrons. The van der Waals surface area contributed by atoms with Crippen molar-refractivity contribution in [3.8, 4) is 0 Å². The van der Waals surface area contributed by atoms with Crippen LogP contribution in [0.5, 0.6) is 0 Å². The van der Waals surface area contributed by atoms with Gasteiger partial charge in [0, 0.05) is 12.8 Å². The molecule has 1 aliphatic carbocycles. The van der Waals surface area contributed by atoms with Crippen LogP contribution in [0.3, 0.4) is 0 Å². The van der Waals surface area contributed by atoms with Crippen LogP contribution in [0.25, 0.3) is 0 Å². The molecule has 0 atom stereocenters. The number of carboxylic acid groups (broad SMARTS) is 1. The first-order valence-electron chi connectivity index (χ1n) is 4.12. The maximum absolute atomic E-state index is 13.3. The summed E-state index contributed by atoms with van der Waals surface area (Å²) >= 11 is 0. The predicted molar refractivity (Wildman–Crippen MR) is 40.3 cm³/mol. The van der Waals surface area contributed by atoms with Crippen molar-refractivity contribution in [2.24, 2.45) is 0 Å². The molecule has 0 bridgehead atoms. The number of carboxylic acids is 1. The summed E-state index contributed by atoms with van der Waals surface area (Å²) in [4.78, 5) is 10.6. The van der Waals surface area contributed by atoms with Gasteiger partial charge in [0.05, 0.1) is 5.56 Å². The van der Waals surface area contributed by atoms with E-state index >= 15 is 0 Å². The van der Waals surface area contributed by atoms with Crippen LogP contribution in [0.2, 0.25) is 0 Å². The Morgan fingerprint density at radius 3 is 2.93 bits per heavy atom. The molecule has 0 aliphatic heterocycles. The number of hydrogen-bond donors (Lipinski definition) is 1. The highest BCUT2D eigenvalue weighted by Gasteiger charge is 2.44. The first kappa shape index (κ1) is 9.11. The van der Waals surface area contributed by atoms with Gasteiger partial charge in [0.2, 0.25) is 5.69 Å². The molecule has 0 aromatic carbocycles. The van der Waals surface area contributed by atoms with Gasteiger partial charge in [0.25, 0.3) is 5.92 Å². The minimum Gasteiger partial charge on any atom is -0.476 e. The van der Waals surface area contributed by atoms with Crippen LogP contribution in [-0.2, 0) is 12.3 Å². The molecule has 1 aromatic heterocycles. The molecule has 0 saturated heterocycles. The van der Waals surface area contributed by atoms with E-state index in [2.05, 4.69) is 9.68 Å². The van der Waals surface area contributed by atoms with Gasteiger partial charge in [-0.05, 0) is 6.42 Å². The van der Waals surface area contributed by atoms with Crippen molar-refractivity contribution in [3.05, 3.63) is 17.0 Å². The van der Waals surface area contributed by atoms with E-state index in [0.29, 0.717) is 6.42 Å². The highest BCUT2D eigenvalue weighted by molar-refractivity contribution is 5.87. The van der Waals surface area contributed by atoms with Crippen LogP contribution >= 0.6 is 0 Å². The number of hydrogen-bond acceptors (Lipinski definition) is 3. The number of carbonyl (C=O) groups is 1. The van der Waals surface area contributed by atoms with Gasteiger partial charge in [-0.3, -0.25) is 0 Å².